The van der Waals surface area contributed by atoms with Gasteiger partial charge in [0.1, 0.15) is 22.4 Å². The molecule has 0 fully saturated rings. The van der Waals surface area contributed by atoms with Gasteiger partial charge in [-0.1, -0.05) is 0 Å². The van der Waals surface area contributed by atoms with Crippen LogP contribution >= 0.6 is 11.3 Å². The van der Waals surface area contributed by atoms with E-state index in [-0.39, 0.29) is 0 Å². The minimum Gasteiger partial charge on any atom is -0.337 e. The van der Waals surface area contributed by atoms with Crippen molar-refractivity contribution < 1.29 is 0 Å². The Morgan fingerprint density at radius 3 is 2.75 bits per heavy atom. The second-order valence-electron chi connectivity index (χ2n) is 5.74. The van der Waals surface area contributed by atoms with Crippen molar-refractivity contribution in [3.63, 3.8) is 0 Å². The van der Waals surface area contributed by atoms with Crippen LogP contribution in [0.25, 0.3) is 16.3 Å². The number of hydrogen-bond donors (Lipinski definition) is 0. The van der Waals surface area contributed by atoms with Crippen molar-refractivity contribution in [3.8, 4) is 10.7 Å². The molecule has 0 aromatic carbocycles. The highest BCUT2D eigenvalue weighted by molar-refractivity contribution is 7.13. The van der Waals surface area contributed by atoms with Gasteiger partial charge in [0.2, 0.25) is 0 Å². The molecule has 0 aliphatic carbocycles. The molecule has 0 aliphatic heterocycles. The third-order valence-corrected chi connectivity index (χ3v) is 4.75. The molecule has 24 heavy (non-hydrogen) atoms. The zero-order valence-electron chi connectivity index (χ0n) is 13.8. The summed E-state index contributed by atoms with van der Waals surface area (Å²) in [6.07, 6.45) is 7.17. The maximum Gasteiger partial charge on any atom is 0.162 e. The Balaban J connectivity index is 1.57. The highest BCUT2D eigenvalue weighted by atomic mass is 32.1. The SMILES string of the molecule is Cc1cnc(C)n2nc(CCc3nc(-c4nccs4)cn3C)nc12. The normalized spacial score (nSPS) is 11.5. The second kappa shape index (κ2) is 5.79. The van der Waals surface area contributed by atoms with Gasteiger partial charge in [0.15, 0.2) is 11.5 Å². The van der Waals surface area contributed by atoms with Crippen LogP contribution in [0.4, 0.5) is 0 Å². The van der Waals surface area contributed by atoms with E-state index in [1.165, 1.54) is 0 Å². The summed E-state index contributed by atoms with van der Waals surface area (Å²) >= 11 is 1.60. The van der Waals surface area contributed by atoms with Gasteiger partial charge in [-0.05, 0) is 13.8 Å². The first-order valence-electron chi connectivity index (χ1n) is 7.72. The standard InChI is InChI=1S/C16H17N7S/c1-10-8-18-11(2)23-15(10)20-13(21-23)4-5-14-19-12(9-22(14)3)16-17-6-7-24-16/h6-9H,4-5H2,1-3H3. The van der Waals surface area contributed by atoms with Crippen molar-refractivity contribution >= 4 is 17.0 Å². The summed E-state index contributed by atoms with van der Waals surface area (Å²) in [6, 6.07) is 0. The van der Waals surface area contributed by atoms with Gasteiger partial charge >= 0.3 is 0 Å². The molecule has 0 bridgehead atoms. The summed E-state index contributed by atoms with van der Waals surface area (Å²) in [6.45, 7) is 3.93. The van der Waals surface area contributed by atoms with E-state index in [4.69, 9.17) is 4.98 Å². The van der Waals surface area contributed by atoms with E-state index in [1.807, 2.05) is 47.8 Å². The van der Waals surface area contributed by atoms with Crippen LogP contribution in [0.15, 0.2) is 24.0 Å². The average molecular weight is 339 g/mol. The Morgan fingerprint density at radius 2 is 2.00 bits per heavy atom. The lowest BCUT2D eigenvalue weighted by molar-refractivity contribution is 0.739. The van der Waals surface area contributed by atoms with Crippen LogP contribution in [0.3, 0.4) is 0 Å². The number of aromatic nitrogens is 7. The summed E-state index contributed by atoms with van der Waals surface area (Å²) in [5.74, 6) is 2.66. The zero-order chi connectivity index (χ0) is 16.7. The summed E-state index contributed by atoms with van der Waals surface area (Å²) in [5.41, 5.74) is 2.82. The molecule has 0 saturated carbocycles. The molecule has 4 rings (SSSR count). The molecule has 4 heterocycles. The first-order chi connectivity index (χ1) is 11.6. The summed E-state index contributed by atoms with van der Waals surface area (Å²) in [5, 5.41) is 7.48. The summed E-state index contributed by atoms with van der Waals surface area (Å²) in [4.78, 5) is 18.0. The van der Waals surface area contributed by atoms with Crippen molar-refractivity contribution in [2.24, 2.45) is 7.05 Å². The maximum absolute atomic E-state index is 4.69. The Bertz CT molecular complexity index is 958. The minimum absolute atomic E-state index is 0.739. The van der Waals surface area contributed by atoms with Gasteiger partial charge in [0, 0.05) is 49.4 Å². The lowest BCUT2D eigenvalue weighted by Crippen LogP contribution is -2.02. The van der Waals surface area contributed by atoms with Crippen LogP contribution in [-0.4, -0.2) is 34.1 Å². The van der Waals surface area contributed by atoms with Crippen LogP contribution in [0, 0.1) is 13.8 Å². The molecule has 8 heteroatoms. The van der Waals surface area contributed by atoms with Crippen molar-refractivity contribution in [1.82, 2.24) is 34.1 Å². The lowest BCUT2D eigenvalue weighted by Gasteiger charge is -1.98. The van der Waals surface area contributed by atoms with Crippen molar-refractivity contribution in [3.05, 3.63) is 47.0 Å². The molecule has 0 atom stereocenters. The predicted molar refractivity (Wildman–Crippen MR) is 92.0 cm³/mol. The summed E-state index contributed by atoms with van der Waals surface area (Å²) < 4.78 is 3.86. The highest BCUT2D eigenvalue weighted by Gasteiger charge is 2.12. The summed E-state index contributed by atoms with van der Waals surface area (Å²) in [7, 11) is 2.01. The molecule has 122 valence electrons. The number of aryl methyl sites for hydroxylation is 5. The van der Waals surface area contributed by atoms with Crippen molar-refractivity contribution in [2.75, 3.05) is 0 Å². The number of rotatable bonds is 4. The molecule has 0 saturated heterocycles. The number of hydrogen-bond acceptors (Lipinski definition) is 6. The van der Waals surface area contributed by atoms with E-state index in [2.05, 4.69) is 20.1 Å². The van der Waals surface area contributed by atoms with Crippen LogP contribution in [0.1, 0.15) is 23.0 Å². The van der Waals surface area contributed by atoms with Crippen LogP contribution in [0.2, 0.25) is 0 Å². The number of fused-ring (bicyclic) bond motifs is 1. The highest BCUT2D eigenvalue weighted by Crippen LogP contribution is 2.21. The predicted octanol–water partition coefficient (Wildman–Crippen LogP) is 2.38. The molecule has 4 aromatic rings. The number of thiazole rings is 1. The molecule has 0 N–H and O–H groups in total. The Morgan fingerprint density at radius 1 is 1.12 bits per heavy atom. The maximum atomic E-state index is 4.69. The molecule has 0 amide bonds. The molecule has 0 aliphatic rings. The third-order valence-electron chi connectivity index (χ3n) is 3.95. The molecule has 7 nitrogen and oxygen atoms in total. The Kier molecular flexibility index (Phi) is 3.61. The fraction of sp³-hybridized carbons (Fsp3) is 0.312. The largest absolute Gasteiger partial charge is 0.337 e. The minimum atomic E-state index is 0.739. The van der Waals surface area contributed by atoms with E-state index in [0.717, 1.165) is 52.2 Å². The Hall–Kier alpha value is -2.61. The monoisotopic (exact) mass is 339 g/mol. The second-order valence-corrected chi connectivity index (χ2v) is 6.64. The van der Waals surface area contributed by atoms with Gasteiger partial charge in [-0.15, -0.1) is 16.4 Å². The first-order valence-corrected chi connectivity index (χ1v) is 8.60. The number of imidazole rings is 1. The van der Waals surface area contributed by atoms with Gasteiger partial charge in [0.25, 0.3) is 0 Å². The van der Waals surface area contributed by atoms with Crippen LogP contribution in [0.5, 0.6) is 0 Å². The first kappa shape index (κ1) is 14.9. The van der Waals surface area contributed by atoms with E-state index in [9.17, 15) is 0 Å². The van der Waals surface area contributed by atoms with Crippen molar-refractivity contribution in [2.45, 2.75) is 26.7 Å². The zero-order valence-corrected chi connectivity index (χ0v) is 14.6. The third kappa shape index (κ3) is 2.58. The van der Waals surface area contributed by atoms with Crippen LogP contribution < -0.4 is 0 Å². The van der Waals surface area contributed by atoms with Gasteiger partial charge in [-0.25, -0.2) is 19.9 Å². The topological polar surface area (TPSA) is 73.8 Å². The molecular formula is C16H17N7S. The molecule has 4 aromatic heterocycles. The molecular weight excluding hydrogens is 322 g/mol. The number of nitrogens with zero attached hydrogens (tertiary/aromatic N) is 7. The van der Waals surface area contributed by atoms with Gasteiger partial charge in [-0.2, -0.15) is 4.52 Å². The average Bonchev–Trinajstić information content (AvgIpc) is 3.28. The fourth-order valence-corrected chi connectivity index (χ4v) is 3.25. The van der Waals surface area contributed by atoms with Crippen LogP contribution in [-0.2, 0) is 19.9 Å². The quantitative estimate of drug-likeness (QED) is 0.571. The van der Waals surface area contributed by atoms with Gasteiger partial charge < -0.3 is 4.57 Å². The van der Waals surface area contributed by atoms with Gasteiger partial charge in [-0.3, -0.25) is 0 Å². The van der Waals surface area contributed by atoms with E-state index >= 15 is 0 Å². The molecule has 0 radical (unpaired) electrons. The fourth-order valence-electron chi connectivity index (χ4n) is 2.66. The smallest absolute Gasteiger partial charge is 0.162 e. The molecule has 0 unspecified atom stereocenters. The van der Waals surface area contributed by atoms with E-state index in [1.54, 1.807) is 17.5 Å². The lowest BCUT2D eigenvalue weighted by atomic mass is 10.3. The molecule has 0 spiro atoms. The van der Waals surface area contributed by atoms with Crippen molar-refractivity contribution in [1.29, 1.82) is 0 Å². The van der Waals surface area contributed by atoms with E-state index in [0.29, 0.717) is 0 Å². The van der Waals surface area contributed by atoms with Gasteiger partial charge in [0.05, 0.1) is 0 Å². The Labute approximate surface area is 143 Å². The van der Waals surface area contributed by atoms with E-state index < -0.39 is 0 Å².